The molecule has 1 fully saturated rings. The number of benzene rings is 1. The zero-order valence-corrected chi connectivity index (χ0v) is 9.04. The van der Waals surface area contributed by atoms with Crippen LogP contribution >= 0.6 is 0 Å². The number of nitrogens with two attached hydrogens (primary N) is 2. The molecule has 0 aliphatic heterocycles. The molecule has 1 saturated carbocycles. The number of anilines is 1. The van der Waals surface area contributed by atoms with E-state index in [4.69, 9.17) is 11.5 Å². The van der Waals surface area contributed by atoms with Crippen molar-refractivity contribution in [1.29, 1.82) is 0 Å². The summed E-state index contributed by atoms with van der Waals surface area (Å²) in [7, 11) is 0. The zero-order valence-electron chi connectivity index (χ0n) is 9.04. The van der Waals surface area contributed by atoms with Gasteiger partial charge in [0.25, 0.3) is 5.91 Å². The highest BCUT2D eigenvalue weighted by atomic mass is 19.1. The van der Waals surface area contributed by atoms with Gasteiger partial charge < -0.3 is 16.8 Å². The molecule has 0 unspecified atom stereocenters. The fraction of sp³-hybridized carbons (Fsp3) is 0.364. The number of hydrogen-bond donors (Lipinski definition) is 3. The average Bonchev–Trinajstić information content (AvgIpc) is 2.18. The van der Waals surface area contributed by atoms with E-state index >= 15 is 0 Å². The first kappa shape index (κ1) is 11.8. The fourth-order valence-corrected chi connectivity index (χ4v) is 1.85. The normalized spacial score (nSPS) is 23.0. The predicted octanol–water partition coefficient (Wildman–Crippen LogP) is 0.965. The second-order valence-corrected chi connectivity index (χ2v) is 4.25. The highest BCUT2D eigenvalue weighted by Gasteiger charge is 2.26. The van der Waals surface area contributed by atoms with Crippen molar-refractivity contribution in [1.82, 2.24) is 0 Å². The van der Waals surface area contributed by atoms with Gasteiger partial charge in [0.2, 0.25) is 0 Å². The minimum atomic E-state index is -0.953. The third-order valence-electron chi connectivity index (χ3n) is 2.86. The summed E-state index contributed by atoms with van der Waals surface area (Å²) in [6.07, 6.45) is 1.45. The van der Waals surface area contributed by atoms with E-state index in [0.717, 1.165) is 18.9 Å². The van der Waals surface area contributed by atoms with Crippen molar-refractivity contribution >= 4 is 11.6 Å². The molecule has 0 heterocycles. The van der Waals surface area contributed by atoms with Crippen molar-refractivity contribution in [3.05, 3.63) is 29.3 Å². The monoisotopic (exact) mass is 241 g/mol. The molecular formula is C11H13F2N3O. The van der Waals surface area contributed by atoms with Crippen LogP contribution in [-0.2, 0) is 0 Å². The van der Waals surface area contributed by atoms with Crippen LogP contribution in [0.1, 0.15) is 23.2 Å². The van der Waals surface area contributed by atoms with Crippen LogP contribution in [0.2, 0.25) is 0 Å². The van der Waals surface area contributed by atoms with Gasteiger partial charge in [0.15, 0.2) is 0 Å². The Morgan fingerprint density at radius 3 is 2.47 bits per heavy atom. The third kappa shape index (κ3) is 2.36. The molecule has 5 N–H and O–H groups in total. The van der Waals surface area contributed by atoms with E-state index in [1.807, 2.05) is 0 Å². The first-order valence-corrected chi connectivity index (χ1v) is 5.28. The Balaban J connectivity index is 2.21. The van der Waals surface area contributed by atoms with E-state index in [-0.39, 0.29) is 23.3 Å². The summed E-state index contributed by atoms with van der Waals surface area (Å²) in [5, 5.41) is 2.87. The van der Waals surface area contributed by atoms with Crippen molar-refractivity contribution in [2.45, 2.75) is 24.9 Å². The quantitative estimate of drug-likeness (QED) is 0.737. The molecule has 1 aliphatic carbocycles. The lowest BCUT2D eigenvalue weighted by Gasteiger charge is -2.33. The van der Waals surface area contributed by atoms with Gasteiger partial charge >= 0.3 is 0 Å². The Hall–Kier alpha value is -1.69. The van der Waals surface area contributed by atoms with E-state index in [9.17, 15) is 13.6 Å². The molecule has 1 amide bonds. The van der Waals surface area contributed by atoms with Crippen molar-refractivity contribution in [2.75, 3.05) is 5.32 Å². The van der Waals surface area contributed by atoms with E-state index < -0.39 is 17.5 Å². The lowest BCUT2D eigenvalue weighted by molar-refractivity contribution is 0.0996. The number of nitrogens with one attached hydrogen (secondary N) is 1. The Kier molecular flexibility index (Phi) is 2.97. The molecular weight excluding hydrogens is 228 g/mol. The second-order valence-electron chi connectivity index (χ2n) is 4.25. The summed E-state index contributed by atoms with van der Waals surface area (Å²) in [4.78, 5) is 10.9. The maximum atomic E-state index is 13.4. The Morgan fingerprint density at radius 2 is 1.94 bits per heavy atom. The van der Waals surface area contributed by atoms with Crippen molar-refractivity contribution in [2.24, 2.45) is 11.5 Å². The molecule has 92 valence electrons. The number of primary amides is 1. The van der Waals surface area contributed by atoms with Crippen LogP contribution in [0, 0.1) is 11.6 Å². The van der Waals surface area contributed by atoms with Crippen LogP contribution in [0.5, 0.6) is 0 Å². The van der Waals surface area contributed by atoms with Crippen molar-refractivity contribution < 1.29 is 13.6 Å². The van der Waals surface area contributed by atoms with Gasteiger partial charge in [-0.15, -0.1) is 0 Å². The van der Waals surface area contributed by atoms with Gasteiger partial charge in [-0.05, 0) is 18.9 Å². The smallest absolute Gasteiger partial charge is 0.251 e. The Labute approximate surface area is 97.0 Å². The van der Waals surface area contributed by atoms with Gasteiger partial charge in [-0.3, -0.25) is 4.79 Å². The molecule has 0 spiro atoms. The standard InChI is InChI=1S/C11H13F2N3O/c12-8-4-9(13)10(3-7(8)11(15)17)16-6-1-5(14)2-6/h3-6,16H,1-2,14H2,(H2,15,17). The predicted molar refractivity (Wildman–Crippen MR) is 59.5 cm³/mol. The lowest BCUT2D eigenvalue weighted by Crippen LogP contribution is -2.44. The summed E-state index contributed by atoms with van der Waals surface area (Å²) in [5.41, 5.74) is 10.3. The number of carbonyl (C=O) groups excluding carboxylic acids is 1. The number of rotatable bonds is 3. The van der Waals surface area contributed by atoms with Crippen LogP contribution in [0.4, 0.5) is 14.5 Å². The third-order valence-corrected chi connectivity index (χ3v) is 2.86. The summed E-state index contributed by atoms with van der Waals surface area (Å²) in [6, 6.07) is 1.93. The molecule has 0 atom stereocenters. The van der Waals surface area contributed by atoms with Crippen LogP contribution in [0.3, 0.4) is 0 Å². The maximum absolute atomic E-state index is 13.4. The minimum absolute atomic E-state index is 0.0608. The number of halogens is 2. The fourth-order valence-electron chi connectivity index (χ4n) is 1.85. The Bertz CT molecular complexity index is 458. The van der Waals surface area contributed by atoms with Gasteiger partial charge in [-0.2, -0.15) is 0 Å². The first-order chi connectivity index (χ1) is 7.97. The van der Waals surface area contributed by atoms with Gasteiger partial charge in [0.1, 0.15) is 11.6 Å². The minimum Gasteiger partial charge on any atom is -0.380 e. The molecule has 1 aromatic rings. The van der Waals surface area contributed by atoms with Crippen LogP contribution in [0.15, 0.2) is 12.1 Å². The van der Waals surface area contributed by atoms with E-state index in [1.54, 1.807) is 0 Å². The highest BCUT2D eigenvalue weighted by molar-refractivity contribution is 5.94. The number of amides is 1. The molecule has 0 aromatic heterocycles. The van der Waals surface area contributed by atoms with Gasteiger partial charge in [-0.25, -0.2) is 8.78 Å². The molecule has 1 aliphatic rings. The van der Waals surface area contributed by atoms with Crippen LogP contribution in [-0.4, -0.2) is 18.0 Å². The molecule has 1 aromatic carbocycles. The molecule has 6 heteroatoms. The Morgan fingerprint density at radius 1 is 1.29 bits per heavy atom. The van der Waals surface area contributed by atoms with E-state index in [2.05, 4.69) is 5.32 Å². The van der Waals surface area contributed by atoms with Crippen LogP contribution in [0.25, 0.3) is 0 Å². The summed E-state index contributed by atoms with van der Waals surface area (Å²) >= 11 is 0. The SMILES string of the molecule is NC(=O)c1cc(NC2CC(N)C2)c(F)cc1F. The highest BCUT2D eigenvalue weighted by Crippen LogP contribution is 2.26. The summed E-state index contributed by atoms with van der Waals surface area (Å²) in [5.74, 6) is -2.62. The van der Waals surface area contributed by atoms with Gasteiger partial charge in [0, 0.05) is 18.2 Å². The van der Waals surface area contributed by atoms with Crippen molar-refractivity contribution in [3.63, 3.8) is 0 Å². The number of carbonyl (C=O) groups is 1. The zero-order chi connectivity index (χ0) is 12.6. The number of hydrogen-bond acceptors (Lipinski definition) is 3. The second kappa shape index (κ2) is 4.29. The van der Waals surface area contributed by atoms with Crippen molar-refractivity contribution in [3.8, 4) is 0 Å². The first-order valence-electron chi connectivity index (χ1n) is 5.28. The molecule has 0 radical (unpaired) electrons. The van der Waals surface area contributed by atoms with E-state index in [1.165, 1.54) is 0 Å². The molecule has 17 heavy (non-hydrogen) atoms. The maximum Gasteiger partial charge on any atom is 0.251 e. The largest absolute Gasteiger partial charge is 0.380 e. The topological polar surface area (TPSA) is 81.1 Å². The molecule has 2 rings (SSSR count). The molecule has 0 bridgehead atoms. The van der Waals surface area contributed by atoms with E-state index in [0.29, 0.717) is 6.07 Å². The molecule has 0 saturated heterocycles. The summed E-state index contributed by atoms with van der Waals surface area (Å²) < 4.78 is 26.6. The van der Waals surface area contributed by atoms with Gasteiger partial charge in [0.05, 0.1) is 11.3 Å². The summed E-state index contributed by atoms with van der Waals surface area (Å²) in [6.45, 7) is 0. The lowest BCUT2D eigenvalue weighted by atomic mass is 9.87. The van der Waals surface area contributed by atoms with Crippen LogP contribution < -0.4 is 16.8 Å². The van der Waals surface area contributed by atoms with Gasteiger partial charge in [-0.1, -0.05) is 0 Å². The average molecular weight is 241 g/mol. The molecule has 4 nitrogen and oxygen atoms in total.